The summed E-state index contributed by atoms with van der Waals surface area (Å²) in [6.45, 7) is 8.16. The maximum atomic E-state index is 14.2. The van der Waals surface area contributed by atoms with Crippen molar-refractivity contribution >= 4 is 11.7 Å². The van der Waals surface area contributed by atoms with Gasteiger partial charge in [0.1, 0.15) is 17.1 Å². The molecule has 1 saturated heterocycles. The van der Waals surface area contributed by atoms with Crippen LogP contribution in [0.5, 0.6) is 0 Å². The number of halogens is 1. The van der Waals surface area contributed by atoms with Crippen LogP contribution in [0.3, 0.4) is 0 Å². The number of carbonyl (C=O) groups is 1. The molecule has 0 saturated carbocycles. The van der Waals surface area contributed by atoms with Crippen LogP contribution in [0.15, 0.2) is 18.2 Å². The number of carbonyl (C=O) groups excluding carboxylic acids is 1. The first-order chi connectivity index (χ1) is 11.2. The summed E-state index contributed by atoms with van der Waals surface area (Å²) in [6, 6.07) is 2.66. The Morgan fingerprint density at radius 1 is 1.38 bits per heavy atom. The van der Waals surface area contributed by atoms with Crippen LogP contribution < -0.4 is 0 Å². The maximum absolute atomic E-state index is 14.2. The summed E-state index contributed by atoms with van der Waals surface area (Å²) >= 11 is 0. The molecule has 1 aromatic rings. The average molecular weight is 334 g/mol. The van der Waals surface area contributed by atoms with E-state index in [0.717, 1.165) is 11.3 Å². The first-order valence-corrected chi connectivity index (χ1v) is 8.18. The molecule has 24 heavy (non-hydrogen) atoms. The third-order valence-electron chi connectivity index (χ3n) is 4.09. The van der Waals surface area contributed by atoms with Crippen molar-refractivity contribution < 1.29 is 18.7 Å². The summed E-state index contributed by atoms with van der Waals surface area (Å²) in [7, 11) is 0. The Kier molecular flexibility index (Phi) is 4.34. The lowest BCUT2D eigenvalue weighted by Gasteiger charge is -2.44. The molecule has 2 aliphatic rings. The lowest BCUT2D eigenvalue weighted by atomic mass is 9.92. The van der Waals surface area contributed by atoms with Crippen LogP contribution in [0, 0.1) is 12.7 Å². The summed E-state index contributed by atoms with van der Waals surface area (Å²) in [5.74, 6) is -0.337. The van der Waals surface area contributed by atoms with E-state index in [9.17, 15) is 9.18 Å². The monoisotopic (exact) mass is 334 g/mol. The first-order valence-electron chi connectivity index (χ1n) is 8.18. The fourth-order valence-electron chi connectivity index (χ4n) is 3.14. The van der Waals surface area contributed by atoms with E-state index in [2.05, 4.69) is 4.98 Å². The van der Waals surface area contributed by atoms with E-state index in [4.69, 9.17) is 9.47 Å². The van der Waals surface area contributed by atoms with Crippen LogP contribution >= 0.6 is 0 Å². The van der Waals surface area contributed by atoms with E-state index in [1.54, 1.807) is 11.0 Å². The maximum Gasteiger partial charge on any atom is 0.411 e. The molecule has 1 aromatic heterocycles. The van der Waals surface area contributed by atoms with Gasteiger partial charge in [0, 0.05) is 5.69 Å². The van der Waals surface area contributed by atoms with Gasteiger partial charge in [-0.1, -0.05) is 6.08 Å². The molecule has 2 aliphatic heterocycles. The van der Waals surface area contributed by atoms with E-state index >= 15 is 0 Å². The molecule has 0 radical (unpaired) electrons. The molecule has 2 bridgehead atoms. The van der Waals surface area contributed by atoms with Crippen molar-refractivity contribution in [2.75, 3.05) is 13.2 Å². The lowest BCUT2D eigenvalue weighted by Crippen LogP contribution is -2.57. The SMILES string of the molecule is Cc1ccc(F)c(C2=CC3COCC(C2)N3C(=O)OC(C)(C)C)n1. The molecule has 5 nitrogen and oxygen atoms in total. The molecule has 130 valence electrons. The van der Waals surface area contributed by atoms with E-state index in [1.807, 2.05) is 33.8 Å². The molecule has 6 heteroatoms. The third-order valence-corrected chi connectivity index (χ3v) is 4.09. The summed E-state index contributed by atoms with van der Waals surface area (Å²) in [4.78, 5) is 18.6. The van der Waals surface area contributed by atoms with Crippen molar-refractivity contribution in [2.24, 2.45) is 0 Å². The minimum Gasteiger partial charge on any atom is -0.444 e. The van der Waals surface area contributed by atoms with Crippen LogP contribution in [-0.2, 0) is 9.47 Å². The van der Waals surface area contributed by atoms with E-state index in [-0.39, 0.29) is 24.0 Å². The number of hydrogen-bond acceptors (Lipinski definition) is 4. The topological polar surface area (TPSA) is 51.7 Å². The Morgan fingerprint density at radius 2 is 2.12 bits per heavy atom. The van der Waals surface area contributed by atoms with Gasteiger partial charge in [-0.25, -0.2) is 9.18 Å². The van der Waals surface area contributed by atoms with Gasteiger partial charge in [0.05, 0.1) is 25.3 Å². The average Bonchev–Trinajstić information content (AvgIpc) is 2.46. The smallest absolute Gasteiger partial charge is 0.411 e. The van der Waals surface area contributed by atoms with Crippen molar-refractivity contribution in [3.63, 3.8) is 0 Å². The summed E-state index contributed by atoms with van der Waals surface area (Å²) in [5, 5.41) is 0. The van der Waals surface area contributed by atoms with Gasteiger partial charge in [0.25, 0.3) is 0 Å². The van der Waals surface area contributed by atoms with Crippen LogP contribution in [0.25, 0.3) is 5.57 Å². The molecule has 0 aliphatic carbocycles. The molecule has 3 rings (SSSR count). The highest BCUT2D eigenvalue weighted by atomic mass is 19.1. The van der Waals surface area contributed by atoms with Crippen molar-refractivity contribution in [1.82, 2.24) is 9.88 Å². The number of pyridine rings is 1. The van der Waals surface area contributed by atoms with Crippen molar-refractivity contribution in [1.29, 1.82) is 0 Å². The zero-order valence-corrected chi connectivity index (χ0v) is 14.5. The van der Waals surface area contributed by atoms with E-state index in [0.29, 0.717) is 25.3 Å². The molecule has 2 atom stereocenters. The fourth-order valence-corrected chi connectivity index (χ4v) is 3.14. The first kappa shape index (κ1) is 16.9. The van der Waals surface area contributed by atoms with Crippen LogP contribution in [-0.4, -0.2) is 46.9 Å². The summed E-state index contributed by atoms with van der Waals surface area (Å²) in [6.07, 6.45) is 2.03. The lowest BCUT2D eigenvalue weighted by molar-refractivity contribution is -0.0511. The molecular formula is C18H23FN2O3. The number of amides is 1. The fraction of sp³-hybridized carbons (Fsp3) is 0.556. The van der Waals surface area contributed by atoms with Crippen molar-refractivity contribution in [3.8, 4) is 0 Å². The number of nitrogens with zero attached hydrogens (tertiary/aromatic N) is 2. The van der Waals surface area contributed by atoms with Gasteiger partial charge in [-0.3, -0.25) is 9.88 Å². The molecule has 1 fully saturated rings. The molecule has 0 spiro atoms. The van der Waals surface area contributed by atoms with Crippen LogP contribution in [0.1, 0.15) is 38.6 Å². The second-order valence-electron chi connectivity index (χ2n) is 7.33. The zero-order chi connectivity index (χ0) is 17.5. The highest BCUT2D eigenvalue weighted by Crippen LogP contribution is 2.33. The molecular weight excluding hydrogens is 311 g/mol. The molecule has 3 heterocycles. The van der Waals surface area contributed by atoms with Gasteiger partial charge >= 0.3 is 6.09 Å². The summed E-state index contributed by atoms with van der Waals surface area (Å²) < 4.78 is 25.3. The molecule has 1 amide bonds. The van der Waals surface area contributed by atoms with Gasteiger partial charge < -0.3 is 9.47 Å². The highest BCUT2D eigenvalue weighted by molar-refractivity contribution is 5.74. The number of aryl methyl sites for hydroxylation is 1. The number of hydrogen-bond donors (Lipinski definition) is 0. The molecule has 0 aromatic carbocycles. The minimum absolute atomic E-state index is 0.166. The Balaban J connectivity index is 1.90. The third kappa shape index (κ3) is 3.43. The number of morpholine rings is 1. The van der Waals surface area contributed by atoms with E-state index in [1.165, 1.54) is 6.07 Å². The number of fused-ring (bicyclic) bond motifs is 2. The van der Waals surface area contributed by atoms with Crippen molar-refractivity contribution in [3.05, 3.63) is 35.4 Å². The standard InChI is InChI=1S/C18H23FN2O3/c1-11-5-6-15(19)16(20-11)12-7-13-9-23-10-14(8-12)21(13)17(22)24-18(2,3)4/h5-7,13-14H,8-10H2,1-4H3. The van der Waals surface area contributed by atoms with Crippen molar-refractivity contribution in [2.45, 2.75) is 51.8 Å². The predicted molar refractivity (Wildman–Crippen MR) is 88.0 cm³/mol. The van der Waals surface area contributed by atoms with Crippen LogP contribution in [0.2, 0.25) is 0 Å². The van der Waals surface area contributed by atoms with Gasteiger partial charge in [-0.05, 0) is 51.8 Å². The quantitative estimate of drug-likeness (QED) is 0.790. The Morgan fingerprint density at radius 3 is 2.79 bits per heavy atom. The number of ether oxygens (including phenoxy) is 2. The van der Waals surface area contributed by atoms with Gasteiger partial charge in [-0.15, -0.1) is 0 Å². The Bertz CT molecular complexity index is 681. The highest BCUT2D eigenvalue weighted by Gasteiger charge is 2.40. The number of aromatic nitrogens is 1. The van der Waals surface area contributed by atoms with Gasteiger partial charge in [0.15, 0.2) is 0 Å². The van der Waals surface area contributed by atoms with Gasteiger partial charge in [0.2, 0.25) is 0 Å². The predicted octanol–water partition coefficient (Wildman–Crippen LogP) is 3.32. The molecule has 2 unspecified atom stereocenters. The minimum atomic E-state index is -0.555. The van der Waals surface area contributed by atoms with Gasteiger partial charge in [-0.2, -0.15) is 0 Å². The van der Waals surface area contributed by atoms with Crippen LogP contribution in [0.4, 0.5) is 9.18 Å². The summed E-state index contributed by atoms with van der Waals surface area (Å²) in [5.41, 5.74) is 1.41. The largest absolute Gasteiger partial charge is 0.444 e. The molecule has 0 N–H and O–H groups in total. The van der Waals surface area contributed by atoms with E-state index < -0.39 is 5.60 Å². The second-order valence-corrected chi connectivity index (χ2v) is 7.33. The zero-order valence-electron chi connectivity index (χ0n) is 14.5. The second kappa shape index (κ2) is 6.16. The number of rotatable bonds is 1. The Hall–Kier alpha value is -1.95. The normalized spacial score (nSPS) is 23.7. The Labute approximate surface area is 141 Å².